The van der Waals surface area contributed by atoms with Gasteiger partial charge in [0.2, 0.25) is 0 Å². The quantitative estimate of drug-likeness (QED) is 0.231. The van der Waals surface area contributed by atoms with Crippen LogP contribution < -0.4 is 9.64 Å². The minimum absolute atomic E-state index is 0.114. The van der Waals surface area contributed by atoms with Gasteiger partial charge in [0.15, 0.2) is 0 Å². The predicted octanol–water partition coefficient (Wildman–Crippen LogP) is 8.41. The fourth-order valence-electron chi connectivity index (χ4n) is 4.69. The summed E-state index contributed by atoms with van der Waals surface area (Å²) in [4.78, 5) is 7.50. The number of ether oxygens (including phenoxy) is 1. The van der Waals surface area contributed by atoms with Crippen LogP contribution in [0.3, 0.4) is 0 Å². The van der Waals surface area contributed by atoms with Crippen LogP contribution in [0.2, 0.25) is 0 Å². The molecule has 186 valence electrons. The zero-order chi connectivity index (χ0) is 25.8. The summed E-state index contributed by atoms with van der Waals surface area (Å²) in [5.74, 6) is 0.837. The third kappa shape index (κ3) is 5.67. The van der Waals surface area contributed by atoms with Gasteiger partial charge in [0.05, 0.1) is 18.3 Å². The molecule has 4 aromatic carbocycles. The normalized spacial score (nSPS) is 11.5. The third-order valence-electron chi connectivity index (χ3n) is 6.82. The molecule has 0 spiro atoms. The van der Waals surface area contributed by atoms with Gasteiger partial charge < -0.3 is 9.64 Å². The van der Waals surface area contributed by atoms with Gasteiger partial charge >= 0.3 is 0 Å². The van der Waals surface area contributed by atoms with Crippen molar-refractivity contribution in [3.63, 3.8) is 0 Å². The average Bonchev–Trinajstić information content (AvgIpc) is 2.92. The van der Waals surface area contributed by atoms with Crippen LogP contribution in [0.25, 0.3) is 22.2 Å². The van der Waals surface area contributed by atoms with Crippen LogP contribution in [0, 0.1) is 0 Å². The maximum atomic E-state index is 5.81. The van der Waals surface area contributed by atoms with Crippen molar-refractivity contribution in [3.8, 4) is 17.0 Å². The summed E-state index contributed by atoms with van der Waals surface area (Å²) in [7, 11) is 1.73. The molecule has 0 saturated carbocycles. The van der Waals surface area contributed by atoms with Crippen LogP contribution in [0.1, 0.15) is 37.5 Å². The molecule has 0 unspecified atom stereocenters. The SMILES string of the molecule is COc1cc(-c2ccc(C(C)(C)C)cc2)nc2cc(N(Cc3ccccc3)Cc3ccccc3)ccc12. The van der Waals surface area contributed by atoms with Crippen molar-refractivity contribution in [2.24, 2.45) is 0 Å². The molecule has 1 aromatic heterocycles. The summed E-state index contributed by atoms with van der Waals surface area (Å²) < 4.78 is 5.81. The lowest BCUT2D eigenvalue weighted by Gasteiger charge is -2.26. The minimum Gasteiger partial charge on any atom is -0.496 e. The summed E-state index contributed by atoms with van der Waals surface area (Å²) in [6.45, 7) is 8.32. The Morgan fingerprint density at radius 3 is 1.84 bits per heavy atom. The smallest absolute Gasteiger partial charge is 0.130 e. The van der Waals surface area contributed by atoms with E-state index in [2.05, 4.69) is 129 Å². The molecule has 0 atom stereocenters. The maximum Gasteiger partial charge on any atom is 0.130 e. The number of aromatic nitrogens is 1. The first-order chi connectivity index (χ1) is 17.9. The van der Waals surface area contributed by atoms with E-state index in [1.165, 1.54) is 16.7 Å². The van der Waals surface area contributed by atoms with Crippen LogP contribution in [0.5, 0.6) is 5.75 Å². The molecule has 37 heavy (non-hydrogen) atoms. The second kappa shape index (κ2) is 10.5. The molecule has 0 N–H and O–H groups in total. The molecule has 3 nitrogen and oxygen atoms in total. The van der Waals surface area contributed by atoms with E-state index in [0.717, 1.165) is 46.7 Å². The first kappa shape index (κ1) is 24.6. The number of methoxy groups -OCH3 is 1. The second-order valence-corrected chi connectivity index (χ2v) is 10.6. The molecule has 0 amide bonds. The Hall–Kier alpha value is -4.11. The van der Waals surface area contributed by atoms with Gasteiger partial charge in [-0.05, 0) is 40.3 Å². The molecule has 1 heterocycles. The Morgan fingerprint density at radius 2 is 1.30 bits per heavy atom. The fraction of sp³-hybridized carbons (Fsp3) is 0.206. The van der Waals surface area contributed by atoms with Gasteiger partial charge in [0, 0.05) is 35.8 Å². The highest BCUT2D eigenvalue weighted by molar-refractivity contribution is 5.90. The van der Waals surface area contributed by atoms with Crippen molar-refractivity contribution in [3.05, 3.63) is 126 Å². The zero-order valence-electron chi connectivity index (χ0n) is 22.1. The molecule has 0 fully saturated rings. The highest BCUT2D eigenvalue weighted by Gasteiger charge is 2.16. The number of rotatable bonds is 7. The fourth-order valence-corrected chi connectivity index (χ4v) is 4.69. The average molecular weight is 487 g/mol. The van der Waals surface area contributed by atoms with Crippen molar-refractivity contribution in [2.75, 3.05) is 12.0 Å². The first-order valence-corrected chi connectivity index (χ1v) is 12.8. The standard InChI is InChI=1S/C34H34N2O/c1-34(2,3)28-17-15-27(16-18-28)31-22-33(37-4)30-20-19-29(21-32(30)35-31)36(23-25-11-7-5-8-12-25)24-26-13-9-6-10-14-26/h5-22H,23-24H2,1-4H3. The molecule has 0 saturated heterocycles. The van der Waals surface area contributed by atoms with Gasteiger partial charge in [0.25, 0.3) is 0 Å². The summed E-state index contributed by atoms with van der Waals surface area (Å²) in [6, 6.07) is 38.5. The lowest BCUT2D eigenvalue weighted by molar-refractivity contribution is 0.419. The lowest BCUT2D eigenvalue weighted by Crippen LogP contribution is -2.22. The zero-order valence-corrected chi connectivity index (χ0v) is 22.1. The van der Waals surface area contributed by atoms with E-state index in [1.807, 2.05) is 6.07 Å². The predicted molar refractivity (Wildman–Crippen MR) is 155 cm³/mol. The van der Waals surface area contributed by atoms with E-state index in [1.54, 1.807) is 7.11 Å². The minimum atomic E-state index is 0.114. The highest BCUT2D eigenvalue weighted by Crippen LogP contribution is 2.34. The maximum absolute atomic E-state index is 5.81. The van der Waals surface area contributed by atoms with Crippen molar-refractivity contribution < 1.29 is 4.74 Å². The van der Waals surface area contributed by atoms with Gasteiger partial charge in [-0.15, -0.1) is 0 Å². The Balaban J connectivity index is 1.56. The van der Waals surface area contributed by atoms with Crippen LogP contribution in [0.4, 0.5) is 5.69 Å². The monoisotopic (exact) mass is 486 g/mol. The van der Waals surface area contributed by atoms with Gasteiger partial charge in [-0.2, -0.15) is 0 Å². The first-order valence-electron chi connectivity index (χ1n) is 12.8. The highest BCUT2D eigenvalue weighted by atomic mass is 16.5. The number of pyridine rings is 1. The summed E-state index contributed by atoms with van der Waals surface area (Å²) >= 11 is 0. The number of fused-ring (bicyclic) bond motifs is 1. The Morgan fingerprint density at radius 1 is 0.703 bits per heavy atom. The Kier molecular flexibility index (Phi) is 6.96. The van der Waals surface area contributed by atoms with E-state index in [9.17, 15) is 0 Å². The van der Waals surface area contributed by atoms with Crippen LogP contribution in [-0.4, -0.2) is 12.1 Å². The van der Waals surface area contributed by atoms with E-state index in [-0.39, 0.29) is 5.41 Å². The molecular weight excluding hydrogens is 452 g/mol. The van der Waals surface area contributed by atoms with E-state index in [0.29, 0.717) is 0 Å². The van der Waals surface area contributed by atoms with Crippen LogP contribution >= 0.6 is 0 Å². The van der Waals surface area contributed by atoms with Gasteiger partial charge in [-0.1, -0.05) is 106 Å². The summed E-state index contributed by atoms with van der Waals surface area (Å²) in [5.41, 5.74) is 8.04. The van der Waals surface area contributed by atoms with Gasteiger partial charge in [-0.3, -0.25) is 0 Å². The lowest BCUT2D eigenvalue weighted by atomic mass is 9.86. The van der Waals surface area contributed by atoms with Crippen LogP contribution in [-0.2, 0) is 18.5 Å². The van der Waals surface area contributed by atoms with Crippen LogP contribution in [0.15, 0.2) is 109 Å². The molecule has 5 rings (SSSR count). The van der Waals surface area contributed by atoms with Crippen molar-refractivity contribution in [1.82, 2.24) is 4.98 Å². The largest absolute Gasteiger partial charge is 0.496 e. The van der Waals surface area contributed by atoms with Crippen molar-refractivity contribution in [2.45, 2.75) is 39.3 Å². The number of hydrogen-bond donors (Lipinski definition) is 0. The number of nitrogens with zero attached hydrogens (tertiary/aromatic N) is 2. The Bertz CT molecular complexity index is 1430. The van der Waals surface area contributed by atoms with Gasteiger partial charge in [-0.25, -0.2) is 4.98 Å². The molecule has 0 aliphatic rings. The Labute approximate surface area is 220 Å². The van der Waals surface area contributed by atoms with Gasteiger partial charge in [0.1, 0.15) is 5.75 Å². The molecule has 0 bridgehead atoms. The third-order valence-corrected chi connectivity index (χ3v) is 6.82. The molecule has 0 aliphatic heterocycles. The van der Waals surface area contributed by atoms with E-state index in [4.69, 9.17) is 9.72 Å². The molecular formula is C34H34N2O. The molecule has 0 radical (unpaired) electrons. The van der Waals surface area contributed by atoms with Crippen molar-refractivity contribution >= 4 is 16.6 Å². The second-order valence-electron chi connectivity index (χ2n) is 10.6. The summed E-state index contributed by atoms with van der Waals surface area (Å²) in [6.07, 6.45) is 0. The molecule has 0 aliphatic carbocycles. The number of benzene rings is 4. The van der Waals surface area contributed by atoms with E-state index < -0.39 is 0 Å². The van der Waals surface area contributed by atoms with E-state index >= 15 is 0 Å². The van der Waals surface area contributed by atoms with Crippen molar-refractivity contribution in [1.29, 1.82) is 0 Å². The number of hydrogen-bond acceptors (Lipinski definition) is 3. The topological polar surface area (TPSA) is 25.4 Å². The summed E-state index contributed by atoms with van der Waals surface area (Å²) in [5, 5.41) is 1.01. The number of anilines is 1. The molecule has 5 aromatic rings. The molecule has 3 heteroatoms.